The molecule has 3 aromatic heterocycles. The molecule has 2 amide bonds. The zero-order valence-electron chi connectivity index (χ0n) is 49.8. The first-order valence-corrected chi connectivity index (χ1v) is 27.5. The average Bonchev–Trinajstić information content (AvgIpc) is 3.43. The topological polar surface area (TPSA) is 209 Å². The zero-order valence-corrected chi connectivity index (χ0v) is 49.5. The standard InChI is InChI=1S/C19H30N2O5.C15H23NO3.C10H19NO3.C9H12ClNO2.C2HF3O.C2H6/c1-19(2,3)26-18(22)21-9-6-16(7-10-21)25-14-15-5-8-20-17(13-15)24-12-11-23-4;1-17-9-10-18-15-11-13(7-8-16-15)12-19-14-5-3-2-4-6-14;1-10(2,3)14-9(13)11-6-4-8(12)5-7-11;1-12-4-5-13-9-6-8(7-10)2-3-11-9;3-2(4,5)1-6;1-2/h5,8,13,16H,6-7,9-12,14H2,1-4H3;7-8,11,14H,2-6,9-10,12H2,1H3;8,12H,4-7H2,1-3H3;2-3,6H,4-5,7H2,1H3;1H;1-2H3/i;;;;;1D. The van der Waals surface area contributed by atoms with Gasteiger partial charge >= 0.3 is 18.4 Å². The molecule has 456 valence electrons. The van der Waals surface area contributed by atoms with Crippen molar-refractivity contribution in [3.8, 4) is 17.6 Å². The number of aromatic nitrogens is 3. The lowest BCUT2D eigenvalue weighted by Crippen LogP contribution is -2.43. The number of nitrogens with zero attached hydrogens (tertiary/aromatic N) is 5. The van der Waals surface area contributed by atoms with Gasteiger partial charge in [-0.25, -0.2) is 24.5 Å². The van der Waals surface area contributed by atoms with E-state index in [0.29, 0.717) is 128 Å². The third kappa shape index (κ3) is 37.0. The molecule has 3 aliphatic rings. The van der Waals surface area contributed by atoms with Crippen LogP contribution in [0.2, 0.25) is 0 Å². The van der Waals surface area contributed by atoms with Gasteiger partial charge in [0.05, 0.1) is 51.3 Å². The maximum absolute atomic E-state index is 12.1. The third-order valence-electron chi connectivity index (χ3n) is 11.0. The minimum absolute atomic E-state index is 0.139. The van der Waals surface area contributed by atoms with Crippen molar-refractivity contribution >= 4 is 30.1 Å². The zero-order chi connectivity index (χ0) is 60.5. The van der Waals surface area contributed by atoms with Crippen molar-refractivity contribution in [2.45, 2.75) is 168 Å². The van der Waals surface area contributed by atoms with Crippen LogP contribution in [0.4, 0.5) is 22.8 Å². The Bertz CT molecular complexity index is 2110. The Kier molecular flexibility index (Phi) is 37.1. The van der Waals surface area contributed by atoms with Gasteiger partial charge in [0.1, 0.15) is 31.0 Å². The Labute approximate surface area is 479 Å². The van der Waals surface area contributed by atoms with Crippen LogP contribution in [0.3, 0.4) is 0 Å². The summed E-state index contributed by atoms with van der Waals surface area (Å²) in [5.41, 5.74) is 2.24. The van der Waals surface area contributed by atoms with Crippen molar-refractivity contribution in [1.82, 2.24) is 24.8 Å². The second-order valence-electron chi connectivity index (χ2n) is 20.1. The molecule has 19 nitrogen and oxygen atoms in total. The number of aliphatic hydroxyl groups is 1. The van der Waals surface area contributed by atoms with Gasteiger partial charge in [-0.1, -0.05) is 33.1 Å². The molecule has 80 heavy (non-hydrogen) atoms. The van der Waals surface area contributed by atoms with Gasteiger partial charge in [-0.2, -0.15) is 13.2 Å². The fourth-order valence-corrected chi connectivity index (χ4v) is 7.27. The quantitative estimate of drug-likeness (QED) is 0.0672. The molecule has 0 bridgehead atoms. The molecular formula is C57H91ClF3N5O14. The highest BCUT2D eigenvalue weighted by molar-refractivity contribution is 6.17. The molecule has 1 aliphatic carbocycles. The fourth-order valence-electron chi connectivity index (χ4n) is 7.11. The molecule has 0 radical (unpaired) electrons. The predicted octanol–water partition coefficient (Wildman–Crippen LogP) is 11.0. The molecule has 0 atom stereocenters. The van der Waals surface area contributed by atoms with E-state index in [0.717, 1.165) is 29.5 Å². The Hall–Kier alpha value is -5.10. The normalized spacial score (nSPS) is 15.2. The largest absolute Gasteiger partial charge is 0.475 e. The van der Waals surface area contributed by atoms with Crippen molar-refractivity contribution in [3.63, 3.8) is 0 Å². The number of amides is 2. The fraction of sp³-hybridized carbons (Fsp3) is 0.684. The van der Waals surface area contributed by atoms with Gasteiger partial charge in [-0.05, 0) is 115 Å². The summed E-state index contributed by atoms with van der Waals surface area (Å²) in [6.45, 7) is 20.3. The van der Waals surface area contributed by atoms with Crippen molar-refractivity contribution in [2.75, 3.05) is 87.1 Å². The molecule has 1 saturated carbocycles. The number of likely N-dealkylation sites (tertiary alicyclic amines) is 2. The molecule has 2 saturated heterocycles. The molecule has 3 aromatic rings. The number of alkyl halides is 4. The SMILES string of the molecule is CC(C)(C)OC(=O)N1CCC(O)CC1.COCCOc1cc(CCl)ccn1.COCCOc1cc(COC2CCCCC2)ccn1.COCCOc1cc(COC2CCN(C(=O)OC(C)(C)C)CC2)ccn1.O=CC(F)(F)F.[2H]CC. The number of carbonyl (C=O) groups is 3. The van der Waals surface area contributed by atoms with Crippen LogP contribution in [0.1, 0.15) is 131 Å². The first-order chi connectivity index (χ1) is 38.5. The number of piperidine rings is 2. The Morgan fingerprint density at radius 1 is 0.625 bits per heavy atom. The monoisotopic (exact) mass is 1160 g/mol. The minimum Gasteiger partial charge on any atom is -0.475 e. The average molecular weight is 1160 g/mol. The molecule has 2 aliphatic heterocycles. The van der Waals surface area contributed by atoms with Crippen LogP contribution in [0, 0.1) is 0 Å². The van der Waals surface area contributed by atoms with Crippen molar-refractivity contribution in [3.05, 3.63) is 71.7 Å². The minimum atomic E-state index is -4.64. The molecule has 0 aromatic carbocycles. The third-order valence-corrected chi connectivity index (χ3v) is 11.3. The van der Waals surface area contributed by atoms with Crippen LogP contribution < -0.4 is 14.2 Å². The summed E-state index contributed by atoms with van der Waals surface area (Å²) in [5, 5.41) is 9.26. The van der Waals surface area contributed by atoms with Crippen molar-refractivity contribution in [1.29, 1.82) is 0 Å². The van der Waals surface area contributed by atoms with Gasteiger partial charge in [-0.15, -0.1) is 11.6 Å². The van der Waals surface area contributed by atoms with E-state index < -0.39 is 23.7 Å². The molecule has 5 heterocycles. The molecular weight excluding hydrogens is 1070 g/mol. The lowest BCUT2D eigenvalue weighted by atomic mass is 9.98. The Morgan fingerprint density at radius 2 is 0.963 bits per heavy atom. The second kappa shape index (κ2) is 41.8. The lowest BCUT2D eigenvalue weighted by Gasteiger charge is -2.33. The summed E-state index contributed by atoms with van der Waals surface area (Å²) in [5.74, 6) is 2.28. The number of carbonyl (C=O) groups excluding carboxylic acids is 3. The number of halogens is 4. The van der Waals surface area contributed by atoms with Gasteiger partial charge in [0.15, 0.2) is 0 Å². The maximum atomic E-state index is 12.1. The van der Waals surface area contributed by atoms with E-state index in [1.54, 1.807) is 56.6 Å². The molecule has 3 fully saturated rings. The first-order valence-electron chi connectivity index (χ1n) is 27.6. The first kappa shape index (κ1) is 71.0. The number of hydrogen-bond donors (Lipinski definition) is 1. The number of aldehydes is 1. The van der Waals surface area contributed by atoms with Crippen molar-refractivity contribution in [2.24, 2.45) is 0 Å². The molecule has 23 heteroatoms. The van der Waals surface area contributed by atoms with Gasteiger partial charge in [0, 0.05) is 91.5 Å². The smallest absolute Gasteiger partial charge is 0.446 e. The summed E-state index contributed by atoms with van der Waals surface area (Å²) < 4.78 is 91.1. The highest BCUT2D eigenvalue weighted by Gasteiger charge is 2.28. The Balaban J connectivity index is 0.000000529. The summed E-state index contributed by atoms with van der Waals surface area (Å²) in [6, 6.07) is 11.4. The molecule has 0 unspecified atom stereocenters. The van der Waals surface area contributed by atoms with E-state index in [-0.39, 0.29) is 24.4 Å². The van der Waals surface area contributed by atoms with E-state index in [9.17, 15) is 27.9 Å². The summed E-state index contributed by atoms with van der Waals surface area (Å²) >= 11 is 5.65. The van der Waals surface area contributed by atoms with Crippen LogP contribution in [0.15, 0.2) is 55.0 Å². The summed E-state index contributed by atoms with van der Waals surface area (Å²) in [6.07, 6.45) is 8.51. The molecule has 1 N–H and O–H groups in total. The predicted molar refractivity (Wildman–Crippen MR) is 298 cm³/mol. The van der Waals surface area contributed by atoms with Gasteiger partial charge in [-0.3, -0.25) is 4.79 Å². The van der Waals surface area contributed by atoms with Crippen LogP contribution in [-0.4, -0.2) is 171 Å². The van der Waals surface area contributed by atoms with E-state index >= 15 is 0 Å². The van der Waals surface area contributed by atoms with Crippen LogP contribution in [0.25, 0.3) is 0 Å². The van der Waals surface area contributed by atoms with Crippen LogP contribution in [-0.2, 0) is 57.0 Å². The van der Waals surface area contributed by atoms with E-state index in [1.807, 2.05) is 77.9 Å². The van der Waals surface area contributed by atoms with Gasteiger partial charge in [0.2, 0.25) is 23.9 Å². The maximum Gasteiger partial charge on any atom is 0.446 e. The highest BCUT2D eigenvalue weighted by Crippen LogP contribution is 2.23. The van der Waals surface area contributed by atoms with Gasteiger partial charge in [0.25, 0.3) is 0 Å². The lowest BCUT2D eigenvalue weighted by molar-refractivity contribution is -0.156. The summed E-state index contributed by atoms with van der Waals surface area (Å²) in [4.78, 5) is 48.1. The second-order valence-corrected chi connectivity index (χ2v) is 20.3. The number of methoxy groups -OCH3 is 3. The molecule has 6 rings (SSSR count). The number of pyridine rings is 3. The van der Waals surface area contributed by atoms with Gasteiger partial charge < -0.3 is 62.3 Å². The van der Waals surface area contributed by atoms with Crippen LogP contribution in [0.5, 0.6) is 17.6 Å². The highest BCUT2D eigenvalue weighted by atomic mass is 35.5. The number of ether oxygens (including phenoxy) is 10. The van der Waals surface area contributed by atoms with E-state index in [4.69, 9.17) is 65.1 Å². The number of aliphatic hydroxyl groups excluding tert-OH is 1. The van der Waals surface area contributed by atoms with Crippen LogP contribution >= 0.6 is 11.6 Å². The summed E-state index contributed by atoms with van der Waals surface area (Å²) in [7, 11) is 4.92. The van der Waals surface area contributed by atoms with E-state index in [1.165, 1.54) is 32.1 Å². The molecule has 0 spiro atoms. The Morgan fingerprint density at radius 3 is 1.30 bits per heavy atom. The van der Waals surface area contributed by atoms with Crippen molar-refractivity contribution < 1.29 is 81.4 Å². The number of rotatable bonds is 19. The number of hydrogen-bond acceptors (Lipinski definition) is 17. The van der Waals surface area contributed by atoms with E-state index in [2.05, 4.69) is 15.0 Å².